The Morgan fingerprint density at radius 1 is 1.33 bits per heavy atom. The van der Waals surface area contributed by atoms with Crippen LogP contribution in [-0.4, -0.2) is 21.5 Å². The molecule has 0 aliphatic heterocycles. The molecule has 4 nitrogen and oxygen atoms in total. The highest BCUT2D eigenvalue weighted by Gasteiger charge is 2.23. The lowest BCUT2D eigenvalue weighted by atomic mass is 10.2. The topological polar surface area (TPSA) is 58.2 Å². The second-order valence-corrected chi connectivity index (χ2v) is 6.11. The van der Waals surface area contributed by atoms with Crippen molar-refractivity contribution in [3.63, 3.8) is 0 Å². The van der Waals surface area contributed by atoms with E-state index in [2.05, 4.69) is 5.32 Å². The van der Waals surface area contributed by atoms with Crippen molar-refractivity contribution in [1.82, 2.24) is 10.0 Å². The lowest BCUT2D eigenvalue weighted by molar-refractivity contribution is 0.481. The molecule has 2 N–H and O–H groups in total. The van der Waals surface area contributed by atoms with Gasteiger partial charge in [-0.3, -0.25) is 0 Å². The van der Waals surface area contributed by atoms with Gasteiger partial charge in [0.05, 0.1) is 0 Å². The van der Waals surface area contributed by atoms with E-state index in [-0.39, 0.29) is 0 Å². The van der Waals surface area contributed by atoms with Gasteiger partial charge in [-0.1, -0.05) is 0 Å². The van der Waals surface area contributed by atoms with Crippen molar-refractivity contribution in [2.45, 2.75) is 30.3 Å². The van der Waals surface area contributed by atoms with Gasteiger partial charge in [-0.2, -0.15) is 0 Å². The molecule has 0 amide bonds. The minimum absolute atomic E-state index is 0.327. The molecule has 1 aromatic rings. The lowest BCUT2D eigenvalue weighted by Crippen LogP contribution is -2.22. The summed E-state index contributed by atoms with van der Waals surface area (Å²) in [5.41, 5.74) is 0.412. The summed E-state index contributed by atoms with van der Waals surface area (Å²) in [7, 11) is -2.84. The molecule has 1 aliphatic rings. The van der Waals surface area contributed by atoms with E-state index in [4.69, 9.17) is 0 Å². The maximum absolute atomic E-state index is 13.5. The molecule has 0 unspecified atom stereocenters. The Morgan fingerprint density at radius 3 is 2.56 bits per heavy atom. The van der Waals surface area contributed by atoms with Crippen molar-refractivity contribution < 1.29 is 17.2 Å². The van der Waals surface area contributed by atoms with E-state index in [9.17, 15) is 17.2 Å². The van der Waals surface area contributed by atoms with Gasteiger partial charge in [0.1, 0.15) is 4.90 Å². The number of rotatable bonds is 5. The maximum Gasteiger partial charge on any atom is 0.243 e. The number of halogens is 2. The number of nitrogens with one attached hydrogen (secondary N) is 2. The first-order valence-electron chi connectivity index (χ1n) is 5.59. The van der Waals surface area contributed by atoms with Gasteiger partial charge in [0.2, 0.25) is 10.0 Å². The molecule has 2 rings (SSSR count). The molecule has 0 heterocycles. The van der Waals surface area contributed by atoms with E-state index in [0.29, 0.717) is 18.2 Å². The summed E-state index contributed by atoms with van der Waals surface area (Å²) in [6.45, 7) is 0.327. The summed E-state index contributed by atoms with van der Waals surface area (Å²) in [5.74, 6) is -2.50. The fraction of sp³-hybridized carbons (Fsp3) is 0.455. The van der Waals surface area contributed by atoms with Crippen LogP contribution < -0.4 is 10.0 Å². The SMILES string of the molecule is CNS(=O)(=O)c1cc(CNC2CC2)cc(F)c1F. The normalized spacial score (nSPS) is 15.9. The molecule has 0 spiro atoms. The lowest BCUT2D eigenvalue weighted by Gasteiger charge is -2.09. The molecule has 1 fully saturated rings. The highest BCUT2D eigenvalue weighted by Crippen LogP contribution is 2.22. The zero-order chi connectivity index (χ0) is 13.3. The Hall–Kier alpha value is -1.05. The number of hydrogen-bond donors (Lipinski definition) is 2. The van der Waals surface area contributed by atoms with Crippen molar-refractivity contribution in [3.05, 3.63) is 29.3 Å². The molecular weight excluding hydrogens is 262 g/mol. The Kier molecular flexibility index (Phi) is 3.65. The van der Waals surface area contributed by atoms with Gasteiger partial charge < -0.3 is 5.32 Å². The summed E-state index contributed by atoms with van der Waals surface area (Å²) >= 11 is 0. The molecule has 0 aromatic heterocycles. The summed E-state index contributed by atoms with van der Waals surface area (Å²) in [6.07, 6.45) is 2.12. The van der Waals surface area contributed by atoms with Crippen LogP contribution in [0, 0.1) is 11.6 Å². The Labute approximate surface area is 104 Å². The Balaban J connectivity index is 2.32. The summed E-state index contributed by atoms with van der Waals surface area (Å²) in [4.78, 5) is -0.655. The number of benzene rings is 1. The van der Waals surface area contributed by atoms with Crippen LogP contribution in [0.25, 0.3) is 0 Å². The average Bonchev–Trinajstić information content (AvgIpc) is 3.14. The van der Waals surface area contributed by atoms with Crippen LogP contribution >= 0.6 is 0 Å². The summed E-state index contributed by atoms with van der Waals surface area (Å²) in [6, 6.07) is 2.57. The summed E-state index contributed by atoms with van der Waals surface area (Å²) < 4.78 is 51.9. The molecule has 7 heteroatoms. The fourth-order valence-corrected chi connectivity index (χ4v) is 2.43. The first-order valence-corrected chi connectivity index (χ1v) is 7.07. The van der Waals surface area contributed by atoms with Crippen LogP contribution in [-0.2, 0) is 16.6 Å². The molecule has 18 heavy (non-hydrogen) atoms. The highest BCUT2D eigenvalue weighted by atomic mass is 32.2. The molecule has 100 valence electrons. The van der Waals surface area contributed by atoms with Crippen molar-refractivity contribution >= 4 is 10.0 Å². The molecule has 0 bridgehead atoms. The van der Waals surface area contributed by atoms with Crippen LogP contribution in [0.3, 0.4) is 0 Å². The number of sulfonamides is 1. The quantitative estimate of drug-likeness (QED) is 0.847. The van der Waals surface area contributed by atoms with E-state index in [0.717, 1.165) is 32.0 Å². The van der Waals surface area contributed by atoms with E-state index >= 15 is 0 Å². The zero-order valence-electron chi connectivity index (χ0n) is 9.83. The van der Waals surface area contributed by atoms with Gasteiger partial charge in [-0.15, -0.1) is 0 Å². The zero-order valence-corrected chi connectivity index (χ0v) is 10.7. The molecule has 1 aliphatic carbocycles. The van der Waals surface area contributed by atoms with E-state index in [1.165, 1.54) is 0 Å². The van der Waals surface area contributed by atoms with Crippen LogP contribution in [0.15, 0.2) is 17.0 Å². The predicted molar refractivity (Wildman–Crippen MR) is 62.5 cm³/mol. The molecule has 0 radical (unpaired) electrons. The molecule has 0 atom stereocenters. The molecule has 1 saturated carbocycles. The van der Waals surface area contributed by atoms with Gasteiger partial charge in [0.15, 0.2) is 11.6 Å². The highest BCUT2D eigenvalue weighted by molar-refractivity contribution is 7.89. The monoisotopic (exact) mass is 276 g/mol. The third-order valence-corrected chi connectivity index (χ3v) is 4.20. The number of hydrogen-bond acceptors (Lipinski definition) is 3. The van der Waals surface area contributed by atoms with Crippen molar-refractivity contribution in [1.29, 1.82) is 0 Å². The van der Waals surface area contributed by atoms with Gasteiger partial charge in [-0.05, 0) is 37.6 Å². The van der Waals surface area contributed by atoms with E-state index in [1.54, 1.807) is 0 Å². The third kappa shape index (κ3) is 2.85. The van der Waals surface area contributed by atoms with Crippen molar-refractivity contribution in [2.75, 3.05) is 7.05 Å². The Morgan fingerprint density at radius 2 is 2.00 bits per heavy atom. The second kappa shape index (κ2) is 4.91. The predicted octanol–water partition coefficient (Wildman–Crippen LogP) is 1.12. The van der Waals surface area contributed by atoms with Crippen LogP contribution in [0.1, 0.15) is 18.4 Å². The van der Waals surface area contributed by atoms with Gasteiger partial charge in [-0.25, -0.2) is 21.9 Å². The Bertz CT molecular complexity index is 556. The summed E-state index contributed by atoms with van der Waals surface area (Å²) in [5, 5.41) is 3.11. The minimum Gasteiger partial charge on any atom is -0.310 e. The van der Waals surface area contributed by atoms with Crippen molar-refractivity contribution in [2.24, 2.45) is 0 Å². The van der Waals surface area contributed by atoms with Crippen LogP contribution in [0.5, 0.6) is 0 Å². The van der Waals surface area contributed by atoms with Gasteiger partial charge in [0, 0.05) is 12.6 Å². The van der Waals surface area contributed by atoms with Crippen LogP contribution in [0.2, 0.25) is 0 Å². The minimum atomic E-state index is -3.99. The average molecular weight is 276 g/mol. The second-order valence-electron chi connectivity index (χ2n) is 4.25. The third-order valence-electron chi connectivity index (χ3n) is 2.79. The maximum atomic E-state index is 13.5. The standard InChI is InChI=1S/C11H14F2N2O2S/c1-14-18(16,17)10-5-7(4-9(12)11(10)13)6-15-8-2-3-8/h4-5,8,14-15H,2-3,6H2,1H3. The van der Waals surface area contributed by atoms with Crippen LogP contribution in [0.4, 0.5) is 8.78 Å². The van der Waals surface area contributed by atoms with Gasteiger partial charge >= 0.3 is 0 Å². The van der Waals surface area contributed by atoms with Gasteiger partial charge in [0.25, 0.3) is 0 Å². The van der Waals surface area contributed by atoms with E-state index < -0.39 is 26.6 Å². The molecule has 0 saturated heterocycles. The molecular formula is C11H14F2N2O2S. The smallest absolute Gasteiger partial charge is 0.243 e. The first-order chi connectivity index (χ1) is 8.44. The fourth-order valence-electron chi connectivity index (χ4n) is 1.57. The van der Waals surface area contributed by atoms with E-state index in [1.807, 2.05) is 4.72 Å². The largest absolute Gasteiger partial charge is 0.310 e. The molecule has 1 aromatic carbocycles. The van der Waals surface area contributed by atoms with Crippen molar-refractivity contribution in [3.8, 4) is 0 Å². The first kappa shape index (κ1) is 13.4.